The molecule has 0 spiro atoms. The number of hydrogen-bond acceptors (Lipinski definition) is 5. The average molecular weight is 316 g/mol. The Bertz CT molecular complexity index is 441. The third-order valence-corrected chi connectivity index (χ3v) is 5.08. The molecule has 0 unspecified atom stereocenters. The standard InChI is InChI=1S/C13H20O7Si/c1-5-7-10(12(14)15)11(13(16)17)8-6-9-21(18-2,19-3)20-4/h5-6,9H,1,7-8H2,2-4H3,(H,14,15)(H,16,17)/b9-6?,11-10+. The van der Waals surface area contributed by atoms with Crippen molar-refractivity contribution < 1.29 is 33.1 Å². The quantitative estimate of drug-likeness (QED) is 0.357. The summed E-state index contributed by atoms with van der Waals surface area (Å²) in [5.41, 5.74) is 1.08. The van der Waals surface area contributed by atoms with Crippen molar-refractivity contribution in [3.63, 3.8) is 0 Å². The molecule has 0 bridgehead atoms. The minimum atomic E-state index is -2.96. The normalized spacial score (nSPS) is 13.1. The van der Waals surface area contributed by atoms with Gasteiger partial charge in [-0.05, 0) is 18.5 Å². The van der Waals surface area contributed by atoms with Crippen LogP contribution in [0.4, 0.5) is 0 Å². The topological polar surface area (TPSA) is 102 Å². The van der Waals surface area contributed by atoms with Gasteiger partial charge in [-0.15, -0.1) is 6.58 Å². The molecule has 2 N–H and O–H groups in total. The van der Waals surface area contributed by atoms with Gasteiger partial charge in [0.2, 0.25) is 0 Å². The summed E-state index contributed by atoms with van der Waals surface area (Å²) in [7, 11) is 1.28. The molecule has 0 saturated carbocycles. The van der Waals surface area contributed by atoms with Crippen LogP contribution < -0.4 is 0 Å². The maximum atomic E-state index is 11.2. The Balaban J connectivity index is 5.37. The van der Waals surface area contributed by atoms with E-state index in [1.807, 2.05) is 0 Å². The van der Waals surface area contributed by atoms with Crippen LogP contribution in [0, 0.1) is 0 Å². The molecule has 0 fully saturated rings. The van der Waals surface area contributed by atoms with E-state index in [0.717, 1.165) is 0 Å². The lowest BCUT2D eigenvalue weighted by molar-refractivity contribution is -0.136. The van der Waals surface area contributed by atoms with Crippen molar-refractivity contribution >= 4 is 20.7 Å². The van der Waals surface area contributed by atoms with Crippen LogP contribution >= 0.6 is 0 Å². The van der Waals surface area contributed by atoms with E-state index in [4.69, 9.17) is 23.5 Å². The Morgan fingerprint density at radius 2 is 1.43 bits per heavy atom. The van der Waals surface area contributed by atoms with E-state index in [2.05, 4.69) is 6.58 Å². The van der Waals surface area contributed by atoms with Gasteiger partial charge in [0.15, 0.2) is 0 Å². The molecule has 0 heterocycles. The fourth-order valence-electron chi connectivity index (χ4n) is 1.60. The molecule has 7 nitrogen and oxygen atoms in total. The van der Waals surface area contributed by atoms with E-state index in [1.165, 1.54) is 39.2 Å². The molecule has 0 aromatic rings. The smallest absolute Gasteiger partial charge is 0.478 e. The highest BCUT2D eigenvalue weighted by Crippen LogP contribution is 2.16. The number of carboxylic acid groups (broad SMARTS) is 2. The second-order valence-electron chi connectivity index (χ2n) is 3.88. The van der Waals surface area contributed by atoms with Gasteiger partial charge in [0.1, 0.15) is 0 Å². The molecule has 0 aromatic heterocycles. The summed E-state index contributed by atoms with van der Waals surface area (Å²) in [6, 6.07) is 0. The first-order valence-corrected chi connectivity index (χ1v) is 7.80. The van der Waals surface area contributed by atoms with Gasteiger partial charge in [-0.2, -0.15) is 0 Å². The summed E-state index contributed by atoms with van der Waals surface area (Å²) < 4.78 is 15.4. The van der Waals surface area contributed by atoms with Crippen molar-refractivity contribution in [3.05, 3.63) is 35.6 Å². The van der Waals surface area contributed by atoms with Crippen molar-refractivity contribution in [3.8, 4) is 0 Å². The number of allylic oxidation sites excluding steroid dienone is 2. The van der Waals surface area contributed by atoms with Crippen LogP contribution in [-0.2, 0) is 22.9 Å². The van der Waals surface area contributed by atoms with Gasteiger partial charge in [0.05, 0.1) is 11.1 Å². The zero-order valence-corrected chi connectivity index (χ0v) is 13.3. The van der Waals surface area contributed by atoms with Crippen molar-refractivity contribution in [2.24, 2.45) is 0 Å². The van der Waals surface area contributed by atoms with Gasteiger partial charge in [0.25, 0.3) is 0 Å². The minimum Gasteiger partial charge on any atom is -0.478 e. The fraction of sp³-hybridized carbons (Fsp3) is 0.385. The van der Waals surface area contributed by atoms with E-state index in [-0.39, 0.29) is 24.0 Å². The second-order valence-corrected chi connectivity index (χ2v) is 6.65. The van der Waals surface area contributed by atoms with Crippen molar-refractivity contribution in [1.82, 2.24) is 0 Å². The number of aliphatic carboxylic acids is 2. The number of carbonyl (C=O) groups is 2. The molecular weight excluding hydrogens is 296 g/mol. The maximum Gasteiger partial charge on any atom is 0.528 e. The molecule has 0 rings (SSSR count). The van der Waals surface area contributed by atoms with Crippen molar-refractivity contribution in [2.45, 2.75) is 12.8 Å². The van der Waals surface area contributed by atoms with Crippen molar-refractivity contribution in [2.75, 3.05) is 21.3 Å². The van der Waals surface area contributed by atoms with E-state index in [9.17, 15) is 9.59 Å². The highest BCUT2D eigenvalue weighted by Gasteiger charge is 2.34. The summed E-state index contributed by atoms with van der Waals surface area (Å²) in [5, 5.41) is 18.2. The third-order valence-electron chi connectivity index (χ3n) is 2.73. The van der Waals surface area contributed by atoms with Gasteiger partial charge >= 0.3 is 20.7 Å². The molecule has 0 aromatic carbocycles. The highest BCUT2D eigenvalue weighted by molar-refractivity contribution is 6.66. The highest BCUT2D eigenvalue weighted by atomic mass is 28.4. The summed E-state index contributed by atoms with van der Waals surface area (Å²) in [4.78, 5) is 22.3. The molecule has 0 aliphatic rings. The lowest BCUT2D eigenvalue weighted by atomic mass is 10.0. The van der Waals surface area contributed by atoms with Crippen LogP contribution in [0.2, 0.25) is 0 Å². The molecule has 0 aliphatic carbocycles. The lowest BCUT2D eigenvalue weighted by Crippen LogP contribution is -2.40. The molecule has 0 amide bonds. The summed E-state index contributed by atoms with van der Waals surface area (Å²) in [5.74, 6) is -2.58. The lowest BCUT2D eigenvalue weighted by Gasteiger charge is -2.20. The van der Waals surface area contributed by atoms with Gasteiger partial charge in [-0.3, -0.25) is 0 Å². The van der Waals surface area contributed by atoms with E-state index >= 15 is 0 Å². The number of hydrogen-bond donors (Lipinski definition) is 2. The zero-order valence-electron chi connectivity index (χ0n) is 12.3. The van der Waals surface area contributed by atoms with Crippen molar-refractivity contribution in [1.29, 1.82) is 0 Å². The number of carboxylic acids is 2. The number of rotatable bonds is 10. The molecule has 0 atom stereocenters. The maximum absolute atomic E-state index is 11.2. The van der Waals surface area contributed by atoms with Gasteiger partial charge < -0.3 is 23.5 Å². The minimum absolute atomic E-state index is 0.0355. The van der Waals surface area contributed by atoms with Crippen LogP contribution in [0.25, 0.3) is 0 Å². The summed E-state index contributed by atoms with van der Waals surface area (Å²) in [6.07, 6.45) is 2.69. The average Bonchev–Trinajstić information content (AvgIpc) is 2.46. The Labute approximate surface area is 124 Å². The molecule has 0 radical (unpaired) electrons. The Kier molecular flexibility index (Phi) is 8.47. The van der Waals surface area contributed by atoms with E-state index in [0.29, 0.717) is 0 Å². The predicted octanol–water partition coefficient (Wildman–Crippen LogP) is 1.39. The van der Waals surface area contributed by atoms with Gasteiger partial charge in [-0.25, -0.2) is 9.59 Å². The fourth-order valence-corrected chi connectivity index (χ4v) is 2.91. The van der Waals surface area contributed by atoms with E-state index < -0.39 is 20.7 Å². The van der Waals surface area contributed by atoms with Gasteiger partial charge in [-0.1, -0.05) is 12.2 Å². The van der Waals surface area contributed by atoms with Gasteiger partial charge in [0, 0.05) is 21.3 Å². The van der Waals surface area contributed by atoms with Crippen LogP contribution in [-0.4, -0.2) is 52.3 Å². The Hall–Kier alpha value is -1.74. The van der Waals surface area contributed by atoms with Crippen LogP contribution in [0.5, 0.6) is 0 Å². The largest absolute Gasteiger partial charge is 0.528 e. The predicted molar refractivity (Wildman–Crippen MR) is 77.6 cm³/mol. The zero-order chi connectivity index (χ0) is 16.5. The Morgan fingerprint density at radius 1 is 1.00 bits per heavy atom. The Morgan fingerprint density at radius 3 is 1.76 bits per heavy atom. The van der Waals surface area contributed by atoms with Crippen LogP contribution in [0.3, 0.4) is 0 Å². The molecule has 118 valence electrons. The first kappa shape index (κ1) is 19.3. The molecule has 0 saturated heterocycles. The van der Waals surface area contributed by atoms with Crippen LogP contribution in [0.15, 0.2) is 35.6 Å². The second kappa shape index (κ2) is 9.24. The first-order valence-electron chi connectivity index (χ1n) is 6.00. The molecule has 8 heteroatoms. The molecular formula is C13H20O7Si. The first-order chi connectivity index (χ1) is 9.87. The summed E-state index contributed by atoms with van der Waals surface area (Å²) >= 11 is 0. The SMILES string of the molecule is C=CC/C(C(=O)O)=C(/CC=C[Si](OC)(OC)OC)C(=O)O. The van der Waals surface area contributed by atoms with E-state index in [1.54, 1.807) is 0 Å². The molecule has 0 aliphatic heterocycles. The van der Waals surface area contributed by atoms with Crippen LogP contribution in [0.1, 0.15) is 12.8 Å². The molecule has 21 heavy (non-hydrogen) atoms. The monoisotopic (exact) mass is 316 g/mol. The third kappa shape index (κ3) is 5.64. The summed E-state index contributed by atoms with van der Waals surface area (Å²) in [6.45, 7) is 3.42.